The van der Waals surface area contributed by atoms with E-state index in [1.807, 2.05) is 0 Å². The molecule has 0 aromatic rings. The molecule has 0 aliphatic heterocycles. The lowest BCUT2D eigenvalue weighted by atomic mass is 10.7. The van der Waals surface area contributed by atoms with E-state index in [-0.39, 0.29) is 0 Å². The Kier molecular flexibility index (Phi) is 6.34. The second-order valence-electron chi connectivity index (χ2n) is 1.81. The monoisotopic (exact) mass is 245 g/mol. The Morgan fingerprint density at radius 2 is 1.07 bits per heavy atom. The van der Waals surface area contributed by atoms with E-state index in [0.717, 1.165) is 0 Å². The number of halogens is 6. The molecule has 0 aliphatic rings. The summed E-state index contributed by atoms with van der Waals surface area (Å²) in [5, 5.41) is 0. The van der Waals surface area contributed by atoms with Crippen molar-refractivity contribution in [2.45, 2.75) is 25.6 Å². The van der Waals surface area contributed by atoms with Crippen molar-refractivity contribution in [2.24, 2.45) is 0 Å². The molecule has 0 amide bonds. The molecule has 0 bridgehead atoms. The SMILES string of the molecule is [O-]P(OC(F)C(F)F)OC(F)C(F)F. The topological polar surface area (TPSA) is 41.5 Å². The quantitative estimate of drug-likeness (QED) is 0.528. The normalized spacial score (nSPS) is 18.6. The molecule has 0 aliphatic carbocycles. The van der Waals surface area contributed by atoms with Crippen LogP contribution in [-0.2, 0) is 9.05 Å². The number of hydrogen-bond acceptors (Lipinski definition) is 3. The second kappa shape index (κ2) is 6.39. The van der Waals surface area contributed by atoms with E-state index in [0.29, 0.717) is 0 Å². The number of hydrogen-bond donors (Lipinski definition) is 0. The van der Waals surface area contributed by atoms with Gasteiger partial charge in [0.2, 0.25) is 0 Å². The summed E-state index contributed by atoms with van der Waals surface area (Å²) in [6.07, 6.45) is -13.8. The van der Waals surface area contributed by atoms with E-state index >= 15 is 0 Å². The van der Waals surface area contributed by atoms with Crippen molar-refractivity contribution >= 4 is 8.60 Å². The fourth-order valence-corrected chi connectivity index (χ4v) is 0.844. The largest absolute Gasteiger partial charge is 0.786 e. The molecule has 2 atom stereocenters. The standard InChI is InChI=1S/C4H4F6O3P/c5-1(6)3(9)12-14(11)13-4(10)2(7)8/h1-4H/q-1. The van der Waals surface area contributed by atoms with Crippen LogP contribution < -0.4 is 4.89 Å². The summed E-state index contributed by atoms with van der Waals surface area (Å²) in [4.78, 5) is 10.2. The summed E-state index contributed by atoms with van der Waals surface area (Å²) < 4.78 is 75.7. The van der Waals surface area contributed by atoms with Crippen LogP contribution in [0.2, 0.25) is 0 Å². The first-order chi connectivity index (χ1) is 6.34. The van der Waals surface area contributed by atoms with Gasteiger partial charge in [-0.1, -0.05) is 0 Å². The van der Waals surface area contributed by atoms with Crippen molar-refractivity contribution in [3.8, 4) is 0 Å². The van der Waals surface area contributed by atoms with Crippen molar-refractivity contribution in [3.05, 3.63) is 0 Å². The van der Waals surface area contributed by atoms with Crippen LogP contribution in [0.1, 0.15) is 0 Å². The molecule has 0 fully saturated rings. The van der Waals surface area contributed by atoms with E-state index in [9.17, 15) is 31.2 Å². The smallest absolute Gasteiger partial charge is 0.293 e. The Balaban J connectivity index is 3.80. The van der Waals surface area contributed by atoms with Crippen LogP contribution in [0, 0.1) is 0 Å². The van der Waals surface area contributed by atoms with Crippen LogP contribution in [0.4, 0.5) is 26.3 Å². The van der Waals surface area contributed by atoms with Crippen molar-refractivity contribution in [3.63, 3.8) is 0 Å². The lowest BCUT2D eigenvalue weighted by Crippen LogP contribution is -2.22. The maximum atomic E-state index is 11.9. The van der Waals surface area contributed by atoms with Crippen LogP contribution in [-0.4, -0.2) is 25.6 Å². The zero-order valence-corrected chi connectivity index (χ0v) is 7.14. The van der Waals surface area contributed by atoms with E-state index in [1.165, 1.54) is 0 Å². The molecule has 0 aromatic carbocycles. The molecule has 10 heteroatoms. The Bertz CT molecular complexity index is 144. The average Bonchev–Trinajstić information content (AvgIpc) is 2.03. The summed E-state index contributed by atoms with van der Waals surface area (Å²) in [6.45, 7) is 0. The van der Waals surface area contributed by atoms with Gasteiger partial charge in [-0.05, 0) is 0 Å². The van der Waals surface area contributed by atoms with Crippen LogP contribution in [0.3, 0.4) is 0 Å². The fourth-order valence-electron chi connectivity index (χ4n) is 0.281. The third-order valence-electron chi connectivity index (χ3n) is 0.770. The molecule has 0 radical (unpaired) electrons. The van der Waals surface area contributed by atoms with Crippen molar-refractivity contribution < 1.29 is 40.3 Å². The molecule has 0 heterocycles. The van der Waals surface area contributed by atoms with Crippen LogP contribution in [0.25, 0.3) is 0 Å². The molecule has 0 N–H and O–H groups in total. The van der Waals surface area contributed by atoms with E-state index in [1.54, 1.807) is 0 Å². The van der Waals surface area contributed by atoms with Gasteiger partial charge in [0.15, 0.2) is 0 Å². The van der Waals surface area contributed by atoms with Gasteiger partial charge in [-0.15, -0.1) is 0 Å². The summed E-state index contributed by atoms with van der Waals surface area (Å²) in [6, 6.07) is 0. The van der Waals surface area contributed by atoms with Gasteiger partial charge in [0.1, 0.15) is 0 Å². The zero-order valence-electron chi connectivity index (χ0n) is 6.25. The predicted octanol–water partition coefficient (Wildman–Crippen LogP) is 1.73. The first kappa shape index (κ1) is 13.9. The van der Waals surface area contributed by atoms with Crippen molar-refractivity contribution in [2.75, 3.05) is 0 Å². The Labute approximate surface area is 75.6 Å². The van der Waals surface area contributed by atoms with Gasteiger partial charge >= 0.3 is 0 Å². The summed E-state index contributed by atoms with van der Waals surface area (Å²) >= 11 is 0. The molecule has 3 nitrogen and oxygen atoms in total. The average molecular weight is 245 g/mol. The minimum atomic E-state index is -3.68. The first-order valence-electron chi connectivity index (χ1n) is 3.00. The molecule has 0 rings (SSSR count). The third kappa shape index (κ3) is 5.58. The maximum absolute atomic E-state index is 11.9. The van der Waals surface area contributed by atoms with Gasteiger partial charge in [-0.3, -0.25) is 0 Å². The van der Waals surface area contributed by atoms with Gasteiger partial charge in [-0.25, -0.2) is 26.3 Å². The third-order valence-corrected chi connectivity index (χ3v) is 1.52. The summed E-state index contributed by atoms with van der Waals surface area (Å²) in [5.74, 6) is 0. The van der Waals surface area contributed by atoms with E-state index in [2.05, 4.69) is 9.05 Å². The lowest BCUT2D eigenvalue weighted by molar-refractivity contribution is -0.237. The highest BCUT2D eigenvalue weighted by Crippen LogP contribution is 2.35. The van der Waals surface area contributed by atoms with Crippen LogP contribution in [0.5, 0.6) is 0 Å². The highest BCUT2D eigenvalue weighted by Gasteiger charge is 2.25. The minimum absolute atomic E-state index is 3.23. The molecule has 0 saturated carbocycles. The second-order valence-corrected chi connectivity index (χ2v) is 2.67. The van der Waals surface area contributed by atoms with Gasteiger partial charge < -0.3 is 13.9 Å². The molecule has 14 heavy (non-hydrogen) atoms. The summed E-state index contributed by atoms with van der Waals surface area (Å²) in [5.41, 5.74) is 0. The van der Waals surface area contributed by atoms with Gasteiger partial charge in [0.25, 0.3) is 25.6 Å². The van der Waals surface area contributed by atoms with Crippen LogP contribution in [0.15, 0.2) is 0 Å². The highest BCUT2D eigenvalue weighted by atomic mass is 31.2. The summed E-state index contributed by atoms with van der Waals surface area (Å²) in [7, 11) is -3.68. The Morgan fingerprint density at radius 3 is 1.29 bits per heavy atom. The predicted molar refractivity (Wildman–Crippen MR) is 30.9 cm³/mol. The minimum Gasteiger partial charge on any atom is -0.786 e. The first-order valence-corrected chi connectivity index (χ1v) is 4.09. The van der Waals surface area contributed by atoms with Crippen molar-refractivity contribution in [1.82, 2.24) is 0 Å². The van der Waals surface area contributed by atoms with Gasteiger partial charge in [0, 0.05) is 0 Å². The highest BCUT2D eigenvalue weighted by molar-refractivity contribution is 7.39. The molecule has 2 unspecified atom stereocenters. The van der Waals surface area contributed by atoms with Gasteiger partial charge in [-0.2, -0.15) is 0 Å². The van der Waals surface area contributed by atoms with Crippen LogP contribution >= 0.6 is 8.60 Å². The molecular formula is C4H4F6O3P-. The molecule has 0 aromatic heterocycles. The van der Waals surface area contributed by atoms with E-state index in [4.69, 9.17) is 0 Å². The fraction of sp³-hybridized carbons (Fsp3) is 1.00. The zero-order chi connectivity index (χ0) is 11.3. The number of alkyl halides is 6. The molecule has 0 saturated heterocycles. The maximum Gasteiger partial charge on any atom is 0.293 e. The number of rotatable bonds is 6. The lowest BCUT2D eigenvalue weighted by Gasteiger charge is -2.24. The molecule has 0 spiro atoms. The molecule has 86 valence electrons. The molecular weight excluding hydrogens is 241 g/mol. The van der Waals surface area contributed by atoms with E-state index < -0.39 is 34.2 Å². The van der Waals surface area contributed by atoms with Crippen molar-refractivity contribution in [1.29, 1.82) is 0 Å². The van der Waals surface area contributed by atoms with Gasteiger partial charge in [0.05, 0.1) is 8.60 Å². The Hall–Kier alpha value is -0.110. The Morgan fingerprint density at radius 1 is 0.786 bits per heavy atom.